The number of nitrogens with zero attached hydrogens (tertiary/aromatic N) is 1. The molecule has 0 aliphatic carbocycles. The molecule has 1 rings (SSSR count). The largest absolute Gasteiger partial charge is 0.380 e. The molecule has 0 aromatic heterocycles. The maximum Gasteiger partial charge on any atom is 0.117 e. The van der Waals surface area contributed by atoms with Gasteiger partial charge < -0.3 is 5.11 Å². The molecular formula is C5H7NO. The van der Waals surface area contributed by atoms with Crippen LogP contribution in [0.5, 0.6) is 0 Å². The fourth-order valence-corrected chi connectivity index (χ4v) is 0.431. The van der Waals surface area contributed by atoms with Gasteiger partial charge in [0, 0.05) is 12.4 Å². The Bertz CT molecular complexity index is 110. The van der Waals surface area contributed by atoms with Gasteiger partial charge in [0.05, 0.1) is 0 Å². The normalized spacial score (nSPS) is 37.4. The number of aliphatic imine (C=N–C) groups is 1. The summed E-state index contributed by atoms with van der Waals surface area (Å²) in [5.41, 5.74) is -0.778. The summed E-state index contributed by atoms with van der Waals surface area (Å²) in [5.74, 6) is 0. The van der Waals surface area contributed by atoms with Crippen molar-refractivity contribution in [2.24, 2.45) is 4.99 Å². The van der Waals surface area contributed by atoms with Crippen LogP contribution >= 0.6 is 0 Å². The second-order valence-electron chi connectivity index (χ2n) is 1.82. The molecule has 0 saturated carbocycles. The topological polar surface area (TPSA) is 32.6 Å². The van der Waals surface area contributed by atoms with Gasteiger partial charge in [-0.3, -0.25) is 4.99 Å². The zero-order valence-corrected chi connectivity index (χ0v) is 4.13. The molecule has 0 aromatic carbocycles. The molecule has 1 heterocycles. The van der Waals surface area contributed by atoms with Crippen LogP contribution in [0.2, 0.25) is 0 Å². The number of hydrogen-bond acceptors (Lipinski definition) is 2. The molecular weight excluding hydrogens is 90.1 g/mol. The SMILES string of the molecule is C[C@@]1(O)C=CN=C1. The summed E-state index contributed by atoms with van der Waals surface area (Å²) in [6.07, 6.45) is 4.71. The fourth-order valence-electron chi connectivity index (χ4n) is 0.431. The van der Waals surface area contributed by atoms with Gasteiger partial charge in [-0.05, 0) is 13.0 Å². The molecule has 0 radical (unpaired) electrons. The first-order valence-electron chi connectivity index (χ1n) is 2.15. The Balaban J connectivity index is 2.77. The van der Waals surface area contributed by atoms with Crippen molar-refractivity contribution >= 4 is 6.21 Å². The van der Waals surface area contributed by atoms with Gasteiger partial charge in [0.15, 0.2) is 0 Å². The molecule has 0 bridgehead atoms. The Labute approximate surface area is 42.2 Å². The van der Waals surface area contributed by atoms with Crippen molar-refractivity contribution in [3.63, 3.8) is 0 Å². The van der Waals surface area contributed by atoms with Gasteiger partial charge in [0.2, 0.25) is 0 Å². The monoisotopic (exact) mass is 97.1 g/mol. The highest BCUT2D eigenvalue weighted by molar-refractivity contribution is 5.73. The zero-order chi connectivity index (χ0) is 5.33. The summed E-state index contributed by atoms with van der Waals surface area (Å²) >= 11 is 0. The number of aliphatic hydroxyl groups is 1. The standard InChI is InChI=1S/C5H7NO/c1-5(7)2-3-6-4-5/h2-4,7H,1H3/t5-/m1/s1. The van der Waals surface area contributed by atoms with Gasteiger partial charge in [-0.25, -0.2) is 0 Å². The van der Waals surface area contributed by atoms with Crippen LogP contribution in [0.1, 0.15) is 6.92 Å². The molecule has 1 aliphatic heterocycles. The maximum atomic E-state index is 8.96. The van der Waals surface area contributed by atoms with Crippen molar-refractivity contribution in [2.45, 2.75) is 12.5 Å². The second kappa shape index (κ2) is 1.17. The van der Waals surface area contributed by atoms with Crippen LogP contribution in [0.4, 0.5) is 0 Å². The minimum absolute atomic E-state index is 0.778. The van der Waals surface area contributed by atoms with Crippen LogP contribution < -0.4 is 0 Å². The van der Waals surface area contributed by atoms with Gasteiger partial charge in [0.25, 0.3) is 0 Å². The Hall–Kier alpha value is -0.630. The highest BCUT2D eigenvalue weighted by atomic mass is 16.3. The Morgan fingerprint density at radius 1 is 1.71 bits per heavy atom. The lowest BCUT2D eigenvalue weighted by atomic mass is 10.1. The number of hydrogen-bond donors (Lipinski definition) is 1. The average Bonchev–Trinajstić information content (AvgIpc) is 1.84. The summed E-state index contributed by atoms with van der Waals surface area (Å²) in [4.78, 5) is 3.68. The van der Waals surface area contributed by atoms with Crippen LogP contribution in [-0.4, -0.2) is 16.9 Å². The van der Waals surface area contributed by atoms with Crippen LogP contribution in [0, 0.1) is 0 Å². The van der Waals surface area contributed by atoms with Gasteiger partial charge >= 0.3 is 0 Å². The predicted molar refractivity (Wildman–Crippen MR) is 28.3 cm³/mol. The summed E-state index contributed by atoms with van der Waals surface area (Å²) in [7, 11) is 0. The summed E-state index contributed by atoms with van der Waals surface area (Å²) in [5, 5.41) is 8.96. The molecule has 0 fully saturated rings. The van der Waals surface area contributed by atoms with Crippen molar-refractivity contribution in [1.29, 1.82) is 0 Å². The first-order chi connectivity index (χ1) is 3.21. The summed E-state index contributed by atoms with van der Waals surface area (Å²) < 4.78 is 0. The molecule has 38 valence electrons. The van der Waals surface area contributed by atoms with E-state index in [2.05, 4.69) is 4.99 Å². The lowest BCUT2D eigenvalue weighted by molar-refractivity contribution is 0.192. The summed E-state index contributed by atoms with van der Waals surface area (Å²) in [6, 6.07) is 0. The van der Waals surface area contributed by atoms with Crippen LogP contribution in [0.15, 0.2) is 17.3 Å². The van der Waals surface area contributed by atoms with E-state index in [0.717, 1.165) is 0 Å². The average molecular weight is 97.1 g/mol. The highest BCUT2D eigenvalue weighted by Gasteiger charge is 2.14. The molecule has 0 amide bonds. The third kappa shape index (κ3) is 0.871. The Morgan fingerprint density at radius 2 is 2.43 bits per heavy atom. The zero-order valence-electron chi connectivity index (χ0n) is 4.13. The molecule has 0 spiro atoms. The molecule has 2 nitrogen and oxygen atoms in total. The molecule has 1 atom stereocenters. The Morgan fingerprint density at radius 3 is 2.57 bits per heavy atom. The molecule has 0 aromatic rings. The van der Waals surface area contributed by atoms with E-state index in [1.165, 1.54) is 6.21 Å². The fraction of sp³-hybridized carbons (Fsp3) is 0.400. The van der Waals surface area contributed by atoms with Crippen molar-refractivity contribution < 1.29 is 5.11 Å². The summed E-state index contributed by atoms with van der Waals surface area (Å²) in [6.45, 7) is 1.68. The van der Waals surface area contributed by atoms with E-state index >= 15 is 0 Å². The van der Waals surface area contributed by atoms with Gasteiger partial charge in [0.1, 0.15) is 5.60 Å². The minimum Gasteiger partial charge on any atom is -0.380 e. The molecule has 1 N–H and O–H groups in total. The van der Waals surface area contributed by atoms with Gasteiger partial charge in [-0.1, -0.05) is 0 Å². The van der Waals surface area contributed by atoms with E-state index in [4.69, 9.17) is 5.11 Å². The van der Waals surface area contributed by atoms with E-state index in [1.807, 2.05) is 0 Å². The third-order valence-electron chi connectivity index (χ3n) is 0.834. The van der Waals surface area contributed by atoms with E-state index < -0.39 is 5.60 Å². The Kier molecular flexibility index (Phi) is 0.755. The van der Waals surface area contributed by atoms with Crippen LogP contribution in [-0.2, 0) is 0 Å². The van der Waals surface area contributed by atoms with Gasteiger partial charge in [-0.15, -0.1) is 0 Å². The molecule has 2 heteroatoms. The maximum absolute atomic E-state index is 8.96. The van der Waals surface area contributed by atoms with E-state index in [1.54, 1.807) is 19.2 Å². The smallest absolute Gasteiger partial charge is 0.117 e. The predicted octanol–water partition coefficient (Wildman–Crippen LogP) is 0.336. The van der Waals surface area contributed by atoms with Gasteiger partial charge in [-0.2, -0.15) is 0 Å². The third-order valence-corrected chi connectivity index (χ3v) is 0.834. The van der Waals surface area contributed by atoms with E-state index in [9.17, 15) is 0 Å². The van der Waals surface area contributed by atoms with Crippen LogP contribution in [0.25, 0.3) is 0 Å². The lowest BCUT2D eigenvalue weighted by Crippen LogP contribution is -2.19. The second-order valence-corrected chi connectivity index (χ2v) is 1.82. The van der Waals surface area contributed by atoms with Crippen molar-refractivity contribution in [3.8, 4) is 0 Å². The van der Waals surface area contributed by atoms with Crippen molar-refractivity contribution in [1.82, 2.24) is 0 Å². The lowest BCUT2D eigenvalue weighted by Gasteiger charge is -2.04. The van der Waals surface area contributed by atoms with E-state index in [-0.39, 0.29) is 0 Å². The molecule has 7 heavy (non-hydrogen) atoms. The number of rotatable bonds is 0. The van der Waals surface area contributed by atoms with Crippen LogP contribution in [0.3, 0.4) is 0 Å². The van der Waals surface area contributed by atoms with Crippen molar-refractivity contribution in [2.75, 3.05) is 0 Å². The van der Waals surface area contributed by atoms with Crippen molar-refractivity contribution in [3.05, 3.63) is 12.3 Å². The van der Waals surface area contributed by atoms with E-state index in [0.29, 0.717) is 0 Å². The molecule has 0 saturated heterocycles. The first kappa shape index (κ1) is 4.53. The quantitative estimate of drug-likeness (QED) is 0.464. The highest BCUT2D eigenvalue weighted by Crippen LogP contribution is 2.06. The molecule has 1 aliphatic rings. The first-order valence-corrected chi connectivity index (χ1v) is 2.15. The minimum atomic E-state index is -0.778. The molecule has 0 unspecified atom stereocenters.